The molecule has 1 saturated heterocycles. The van der Waals surface area contributed by atoms with Gasteiger partial charge in [0.1, 0.15) is 12.4 Å². The molecule has 0 radical (unpaired) electrons. The van der Waals surface area contributed by atoms with Crippen LogP contribution < -0.4 is 4.74 Å². The summed E-state index contributed by atoms with van der Waals surface area (Å²) in [5.74, 6) is 1.26. The number of halogens is 1. The zero-order valence-corrected chi connectivity index (χ0v) is 11.1. The Morgan fingerprint density at radius 2 is 2.06 bits per heavy atom. The summed E-state index contributed by atoms with van der Waals surface area (Å²) in [6, 6.07) is 7.66. The summed E-state index contributed by atoms with van der Waals surface area (Å²) in [6.45, 7) is 1.66. The number of alkyl halides is 1. The van der Waals surface area contributed by atoms with Gasteiger partial charge in [-0.2, -0.15) is 0 Å². The van der Waals surface area contributed by atoms with E-state index < -0.39 is 0 Å². The molecule has 1 aromatic carbocycles. The van der Waals surface area contributed by atoms with Crippen LogP contribution in [-0.2, 0) is 14.2 Å². The molecule has 2 atom stereocenters. The minimum Gasteiger partial charge on any atom is -0.491 e. The zero-order chi connectivity index (χ0) is 12.8. The Labute approximate surface area is 112 Å². The predicted octanol–water partition coefficient (Wildman–Crippen LogP) is 2.36. The summed E-state index contributed by atoms with van der Waals surface area (Å²) >= 11 is 5.72. The predicted molar refractivity (Wildman–Crippen MR) is 68.1 cm³/mol. The van der Waals surface area contributed by atoms with Gasteiger partial charge in [-0.25, -0.2) is 0 Å². The first-order valence-corrected chi connectivity index (χ1v) is 6.41. The average Bonchev–Trinajstić information content (AvgIpc) is 2.89. The van der Waals surface area contributed by atoms with Gasteiger partial charge < -0.3 is 18.9 Å². The topological polar surface area (TPSA) is 36.9 Å². The highest BCUT2D eigenvalue weighted by atomic mass is 35.5. The Morgan fingerprint density at radius 3 is 2.67 bits per heavy atom. The van der Waals surface area contributed by atoms with Gasteiger partial charge in [0.05, 0.1) is 25.2 Å². The second kappa shape index (κ2) is 6.95. The minimum absolute atomic E-state index is 0.0192. The van der Waals surface area contributed by atoms with E-state index in [4.69, 9.17) is 30.5 Å². The van der Waals surface area contributed by atoms with Crippen LogP contribution >= 0.6 is 11.6 Å². The Hall–Kier alpha value is -0.810. The summed E-state index contributed by atoms with van der Waals surface area (Å²) in [7, 11) is 1.65. The van der Waals surface area contributed by atoms with Crippen LogP contribution in [-0.4, -0.2) is 38.9 Å². The molecule has 1 fully saturated rings. The van der Waals surface area contributed by atoms with E-state index in [0.29, 0.717) is 25.7 Å². The smallest absolute Gasteiger partial charge is 0.184 e. The Balaban J connectivity index is 1.87. The molecule has 1 aromatic rings. The van der Waals surface area contributed by atoms with Gasteiger partial charge in [-0.3, -0.25) is 0 Å². The summed E-state index contributed by atoms with van der Waals surface area (Å²) in [6.07, 6.45) is -0.337. The van der Waals surface area contributed by atoms with E-state index in [9.17, 15) is 0 Å². The SMILES string of the molecule is COCCOc1ccc(C2OCC(CCl)O2)cc1. The Morgan fingerprint density at radius 1 is 1.28 bits per heavy atom. The van der Waals surface area contributed by atoms with Gasteiger partial charge in [0.2, 0.25) is 0 Å². The maximum atomic E-state index is 5.72. The second-order valence-electron chi connectivity index (χ2n) is 3.99. The molecule has 4 nitrogen and oxygen atoms in total. The summed E-state index contributed by atoms with van der Waals surface area (Å²) in [5.41, 5.74) is 0.974. The molecule has 1 aliphatic rings. The highest BCUT2D eigenvalue weighted by molar-refractivity contribution is 6.18. The first kappa shape index (κ1) is 13.6. The van der Waals surface area contributed by atoms with Gasteiger partial charge in [0.25, 0.3) is 0 Å². The monoisotopic (exact) mass is 272 g/mol. The number of rotatable bonds is 6. The van der Waals surface area contributed by atoms with Crippen molar-refractivity contribution >= 4 is 11.6 Å². The first-order chi connectivity index (χ1) is 8.83. The van der Waals surface area contributed by atoms with Gasteiger partial charge in [-0.15, -0.1) is 11.6 Å². The third-order valence-corrected chi connectivity index (χ3v) is 2.97. The molecule has 2 unspecified atom stereocenters. The Bertz CT molecular complexity index is 355. The fourth-order valence-electron chi connectivity index (χ4n) is 1.67. The van der Waals surface area contributed by atoms with Crippen LogP contribution in [0, 0.1) is 0 Å². The molecule has 0 saturated carbocycles. The van der Waals surface area contributed by atoms with Crippen LogP contribution in [0.3, 0.4) is 0 Å². The maximum Gasteiger partial charge on any atom is 0.184 e. The molecule has 0 N–H and O–H groups in total. The molecule has 1 heterocycles. The van der Waals surface area contributed by atoms with Crippen molar-refractivity contribution in [3.63, 3.8) is 0 Å². The molecular weight excluding hydrogens is 256 g/mol. The van der Waals surface area contributed by atoms with Crippen molar-refractivity contribution in [1.82, 2.24) is 0 Å². The van der Waals surface area contributed by atoms with Crippen LogP contribution in [0.25, 0.3) is 0 Å². The minimum atomic E-state index is -0.318. The molecule has 0 bridgehead atoms. The zero-order valence-electron chi connectivity index (χ0n) is 10.3. The average molecular weight is 273 g/mol. The van der Waals surface area contributed by atoms with Crippen LogP contribution in [0.1, 0.15) is 11.9 Å². The van der Waals surface area contributed by atoms with E-state index in [2.05, 4.69) is 0 Å². The third kappa shape index (κ3) is 3.59. The molecule has 0 aromatic heterocycles. The number of hydrogen-bond donors (Lipinski definition) is 0. The normalized spacial score (nSPS) is 23.2. The van der Waals surface area contributed by atoms with E-state index in [1.54, 1.807) is 7.11 Å². The quantitative estimate of drug-likeness (QED) is 0.588. The first-order valence-electron chi connectivity index (χ1n) is 5.88. The van der Waals surface area contributed by atoms with Crippen LogP contribution in [0.5, 0.6) is 5.75 Å². The van der Waals surface area contributed by atoms with Crippen molar-refractivity contribution < 1.29 is 18.9 Å². The van der Waals surface area contributed by atoms with Gasteiger partial charge >= 0.3 is 0 Å². The van der Waals surface area contributed by atoms with Crippen LogP contribution in [0.2, 0.25) is 0 Å². The molecule has 0 amide bonds. The van der Waals surface area contributed by atoms with E-state index in [0.717, 1.165) is 11.3 Å². The van der Waals surface area contributed by atoms with Crippen LogP contribution in [0.15, 0.2) is 24.3 Å². The number of benzene rings is 1. The van der Waals surface area contributed by atoms with Crippen molar-refractivity contribution in [3.8, 4) is 5.75 Å². The second-order valence-corrected chi connectivity index (χ2v) is 4.30. The van der Waals surface area contributed by atoms with Crippen LogP contribution in [0.4, 0.5) is 0 Å². The molecule has 2 rings (SSSR count). The molecule has 18 heavy (non-hydrogen) atoms. The Kier molecular flexibility index (Phi) is 5.26. The fourth-order valence-corrected chi connectivity index (χ4v) is 1.83. The number of hydrogen-bond acceptors (Lipinski definition) is 4. The van der Waals surface area contributed by atoms with Crippen molar-refractivity contribution in [2.75, 3.05) is 32.8 Å². The van der Waals surface area contributed by atoms with E-state index >= 15 is 0 Å². The summed E-state index contributed by atoms with van der Waals surface area (Å²) in [4.78, 5) is 0. The highest BCUT2D eigenvalue weighted by Crippen LogP contribution is 2.28. The largest absolute Gasteiger partial charge is 0.491 e. The van der Waals surface area contributed by atoms with E-state index in [-0.39, 0.29) is 12.4 Å². The van der Waals surface area contributed by atoms with Gasteiger partial charge in [0.15, 0.2) is 6.29 Å². The molecule has 0 spiro atoms. The van der Waals surface area contributed by atoms with Crippen molar-refractivity contribution in [3.05, 3.63) is 29.8 Å². The van der Waals surface area contributed by atoms with E-state index in [1.165, 1.54) is 0 Å². The van der Waals surface area contributed by atoms with E-state index in [1.807, 2.05) is 24.3 Å². The number of methoxy groups -OCH3 is 1. The lowest BCUT2D eigenvalue weighted by Crippen LogP contribution is -2.10. The summed E-state index contributed by atoms with van der Waals surface area (Å²) in [5, 5.41) is 0. The lowest BCUT2D eigenvalue weighted by molar-refractivity contribution is -0.0567. The van der Waals surface area contributed by atoms with Gasteiger partial charge in [0, 0.05) is 12.7 Å². The summed E-state index contributed by atoms with van der Waals surface area (Å²) < 4.78 is 21.5. The maximum absolute atomic E-state index is 5.72. The lowest BCUT2D eigenvalue weighted by atomic mass is 10.2. The third-order valence-electron chi connectivity index (χ3n) is 2.63. The molecule has 5 heteroatoms. The van der Waals surface area contributed by atoms with Crippen molar-refractivity contribution in [2.24, 2.45) is 0 Å². The molecule has 0 aliphatic carbocycles. The standard InChI is InChI=1S/C13H17ClO4/c1-15-6-7-16-11-4-2-10(3-5-11)13-17-9-12(8-14)18-13/h2-5,12-13H,6-9H2,1H3. The van der Waals surface area contributed by atoms with Gasteiger partial charge in [-0.05, 0) is 12.1 Å². The highest BCUT2D eigenvalue weighted by Gasteiger charge is 2.26. The fraction of sp³-hybridized carbons (Fsp3) is 0.538. The molecule has 1 aliphatic heterocycles. The molecular formula is C13H17ClO4. The van der Waals surface area contributed by atoms with Crippen molar-refractivity contribution in [1.29, 1.82) is 0 Å². The van der Waals surface area contributed by atoms with Crippen molar-refractivity contribution in [2.45, 2.75) is 12.4 Å². The number of ether oxygens (including phenoxy) is 4. The lowest BCUT2D eigenvalue weighted by Gasteiger charge is -2.11. The molecule has 100 valence electrons. The van der Waals surface area contributed by atoms with Gasteiger partial charge in [-0.1, -0.05) is 12.1 Å².